The van der Waals surface area contributed by atoms with Crippen LogP contribution in [0.5, 0.6) is 0 Å². The van der Waals surface area contributed by atoms with E-state index < -0.39 is 11.1 Å². The van der Waals surface area contributed by atoms with Gasteiger partial charge >= 0.3 is 0 Å². The molecule has 7 rings (SSSR count). The molecule has 0 aliphatic heterocycles. The fraction of sp³-hybridized carbons (Fsp3) is 0.310. The van der Waals surface area contributed by atoms with Gasteiger partial charge in [-0.05, 0) is 49.3 Å². The Balaban J connectivity index is 1.35. The van der Waals surface area contributed by atoms with Gasteiger partial charge < -0.3 is 15.7 Å². The summed E-state index contributed by atoms with van der Waals surface area (Å²) in [5, 5.41) is 19.5. The van der Waals surface area contributed by atoms with Crippen LogP contribution in [0.2, 0.25) is 0 Å². The maximum Gasteiger partial charge on any atom is 0.232 e. The van der Waals surface area contributed by atoms with Crippen molar-refractivity contribution in [2.75, 3.05) is 19.0 Å². The second-order valence-electron chi connectivity index (χ2n) is 10.9. The highest BCUT2D eigenvalue weighted by atomic mass is 16.3. The van der Waals surface area contributed by atoms with Gasteiger partial charge in [0.1, 0.15) is 5.52 Å². The van der Waals surface area contributed by atoms with Gasteiger partial charge in [-0.2, -0.15) is 0 Å². The van der Waals surface area contributed by atoms with Gasteiger partial charge in [-0.3, -0.25) is 0 Å². The molecule has 8 heteroatoms. The summed E-state index contributed by atoms with van der Waals surface area (Å²) >= 11 is 0. The van der Waals surface area contributed by atoms with Gasteiger partial charge in [0.2, 0.25) is 5.95 Å². The minimum absolute atomic E-state index is 0.426. The number of hydrogen-bond donors (Lipinski definition) is 2. The molecule has 5 aromatic rings. The predicted octanol–water partition coefficient (Wildman–Crippen LogP) is 4.16. The standard InChI is InChI=1S/C29H29N7O/c1-35(2)27-34-33-23-15-14-22-26(36(23)27)32-25(18-6-4-3-5-7-18)24(31-22)19-8-10-20(11-9-19)28(30)16-29(37,17-28)21-12-13-21/h3-11,14-15,21,37H,12-13,16-17,30H2,1-2H3. The highest BCUT2D eigenvalue weighted by Crippen LogP contribution is 2.57. The Morgan fingerprint density at radius 1 is 0.865 bits per heavy atom. The Hall–Kier alpha value is -3.88. The number of aliphatic hydroxyl groups is 1. The molecule has 0 bridgehead atoms. The second-order valence-corrected chi connectivity index (χ2v) is 10.9. The van der Waals surface area contributed by atoms with E-state index in [1.165, 1.54) is 0 Å². The van der Waals surface area contributed by atoms with Gasteiger partial charge in [0.15, 0.2) is 11.3 Å². The van der Waals surface area contributed by atoms with Crippen LogP contribution in [0.1, 0.15) is 31.2 Å². The molecule has 0 amide bonds. The van der Waals surface area contributed by atoms with Gasteiger partial charge in [0.05, 0.1) is 17.0 Å². The first-order chi connectivity index (χ1) is 17.8. The number of pyridine rings is 1. The van der Waals surface area contributed by atoms with Gasteiger partial charge in [-0.25, -0.2) is 14.4 Å². The van der Waals surface area contributed by atoms with Crippen molar-refractivity contribution in [1.82, 2.24) is 24.6 Å². The fourth-order valence-electron chi connectivity index (χ4n) is 5.87. The first-order valence-corrected chi connectivity index (χ1v) is 12.8. The first-order valence-electron chi connectivity index (χ1n) is 12.8. The van der Waals surface area contributed by atoms with E-state index in [1.54, 1.807) is 0 Å². The average Bonchev–Trinajstić information content (AvgIpc) is 3.66. The van der Waals surface area contributed by atoms with Crippen molar-refractivity contribution in [3.05, 3.63) is 72.3 Å². The van der Waals surface area contributed by atoms with Crippen LogP contribution in [0, 0.1) is 5.92 Å². The zero-order chi connectivity index (χ0) is 25.4. The van der Waals surface area contributed by atoms with Crippen molar-refractivity contribution in [2.45, 2.75) is 36.8 Å². The molecule has 2 aliphatic carbocycles. The number of aromatic nitrogens is 5. The van der Waals surface area contributed by atoms with Crippen molar-refractivity contribution < 1.29 is 5.11 Å². The van der Waals surface area contributed by atoms with Gasteiger partial charge in [0.25, 0.3) is 0 Å². The Bertz CT molecular complexity index is 1630. The van der Waals surface area contributed by atoms with Crippen LogP contribution in [0.15, 0.2) is 66.7 Å². The number of fused-ring (bicyclic) bond motifs is 3. The van der Waals surface area contributed by atoms with E-state index in [1.807, 2.05) is 53.7 Å². The molecule has 37 heavy (non-hydrogen) atoms. The lowest BCUT2D eigenvalue weighted by Crippen LogP contribution is -2.60. The summed E-state index contributed by atoms with van der Waals surface area (Å²) in [4.78, 5) is 12.2. The third-order valence-electron chi connectivity index (χ3n) is 7.94. The number of nitrogens with zero attached hydrogens (tertiary/aromatic N) is 6. The van der Waals surface area contributed by atoms with Crippen molar-refractivity contribution in [1.29, 1.82) is 0 Å². The molecule has 3 N–H and O–H groups in total. The summed E-state index contributed by atoms with van der Waals surface area (Å²) in [6.07, 6.45) is 3.48. The first kappa shape index (κ1) is 22.3. The zero-order valence-corrected chi connectivity index (χ0v) is 21.0. The van der Waals surface area contributed by atoms with Crippen LogP contribution < -0.4 is 10.6 Å². The summed E-state index contributed by atoms with van der Waals surface area (Å²) in [5.74, 6) is 1.13. The molecule has 2 aliphatic rings. The van der Waals surface area contributed by atoms with E-state index in [0.717, 1.165) is 52.1 Å². The summed E-state index contributed by atoms with van der Waals surface area (Å²) in [7, 11) is 3.88. The molecule has 2 saturated carbocycles. The molecule has 186 valence electrons. The molecule has 0 spiro atoms. The quantitative estimate of drug-likeness (QED) is 0.380. The van der Waals surface area contributed by atoms with Crippen LogP contribution in [-0.2, 0) is 5.54 Å². The van der Waals surface area contributed by atoms with Crippen LogP contribution in [0.25, 0.3) is 39.3 Å². The second kappa shape index (κ2) is 7.81. The molecule has 0 unspecified atom stereocenters. The maximum absolute atomic E-state index is 10.8. The van der Waals surface area contributed by atoms with Crippen molar-refractivity contribution in [3.8, 4) is 22.5 Å². The third-order valence-corrected chi connectivity index (χ3v) is 7.94. The van der Waals surface area contributed by atoms with Crippen molar-refractivity contribution in [2.24, 2.45) is 11.7 Å². The maximum atomic E-state index is 10.8. The number of hydrogen-bond acceptors (Lipinski definition) is 7. The van der Waals surface area contributed by atoms with Gasteiger partial charge in [-0.15, -0.1) is 10.2 Å². The highest BCUT2D eigenvalue weighted by Gasteiger charge is 2.58. The van der Waals surface area contributed by atoms with Gasteiger partial charge in [0, 0.05) is 30.8 Å². The lowest BCUT2D eigenvalue weighted by molar-refractivity contribution is -0.106. The van der Waals surface area contributed by atoms with Crippen molar-refractivity contribution in [3.63, 3.8) is 0 Å². The molecule has 3 heterocycles. The molecule has 0 radical (unpaired) electrons. The smallest absolute Gasteiger partial charge is 0.232 e. The number of nitrogens with two attached hydrogens (primary N) is 1. The molecule has 0 atom stereocenters. The third kappa shape index (κ3) is 3.51. The number of benzene rings is 2. The van der Waals surface area contributed by atoms with E-state index in [4.69, 9.17) is 15.7 Å². The summed E-state index contributed by atoms with van der Waals surface area (Å²) < 4.78 is 1.94. The molecule has 2 fully saturated rings. The Kier molecular flexibility index (Phi) is 4.71. The number of anilines is 1. The molecular weight excluding hydrogens is 462 g/mol. The number of rotatable bonds is 5. The monoisotopic (exact) mass is 491 g/mol. The largest absolute Gasteiger partial charge is 0.389 e. The summed E-state index contributed by atoms with van der Waals surface area (Å²) in [5.41, 5.74) is 12.5. The molecule has 0 saturated heterocycles. The Morgan fingerprint density at radius 2 is 1.54 bits per heavy atom. The lowest BCUT2D eigenvalue weighted by atomic mass is 9.60. The Labute approximate surface area is 214 Å². The lowest BCUT2D eigenvalue weighted by Gasteiger charge is -2.52. The van der Waals surface area contributed by atoms with E-state index in [9.17, 15) is 5.11 Å². The van der Waals surface area contributed by atoms with E-state index in [-0.39, 0.29) is 0 Å². The highest BCUT2D eigenvalue weighted by molar-refractivity contribution is 5.86. The van der Waals surface area contributed by atoms with E-state index in [0.29, 0.717) is 30.4 Å². The zero-order valence-electron chi connectivity index (χ0n) is 21.0. The summed E-state index contributed by atoms with van der Waals surface area (Å²) in [6.45, 7) is 0. The molecule has 3 aromatic heterocycles. The molecule has 8 nitrogen and oxygen atoms in total. The minimum atomic E-state index is -0.587. The van der Waals surface area contributed by atoms with Crippen LogP contribution in [0.4, 0.5) is 5.95 Å². The van der Waals surface area contributed by atoms with Crippen LogP contribution in [0.3, 0.4) is 0 Å². The van der Waals surface area contributed by atoms with E-state index in [2.05, 4.69) is 46.6 Å². The normalized spacial score (nSPS) is 23.4. The molecule has 2 aromatic carbocycles. The minimum Gasteiger partial charge on any atom is -0.389 e. The van der Waals surface area contributed by atoms with E-state index >= 15 is 0 Å². The van der Waals surface area contributed by atoms with Crippen molar-refractivity contribution >= 4 is 22.8 Å². The van der Waals surface area contributed by atoms with Gasteiger partial charge in [-0.1, -0.05) is 54.6 Å². The SMILES string of the molecule is CN(C)c1nnc2ccc3nc(-c4ccc(C5(N)CC(O)(C6CC6)C5)cc4)c(-c4ccccc4)nc3n12. The predicted molar refractivity (Wildman–Crippen MR) is 144 cm³/mol. The van der Waals surface area contributed by atoms with Crippen LogP contribution >= 0.6 is 0 Å². The molecular formula is C29H29N7O. The Morgan fingerprint density at radius 3 is 2.22 bits per heavy atom. The summed E-state index contributed by atoms with van der Waals surface area (Å²) in [6, 6.07) is 22.3. The average molecular weight is 492 g/mol. The van der Waals surface area contributed by atoms with Crippen LogP contribution in [-0.4, -0.2) is 49.4 Å². The topological polar surface area (TPSA) is 105 Å². The fourth-order valence-corrected chi connectivity index (χ4v) is 5.87.